The molecule has 0 amide bonds. The SMILES string of the molecule is CC(C)(C)c1cc([Si](C)(C)C)ccc1-c1ccc([Si](C)(C)C)cc1C(C)(C)C.CC(C)(C)c1ccc(-c2ccc(C(C)(C)C)cc2-c2ccccc2)c(-c2ccccc2)c1. The third-order valence-corrected chi connectivity index (χ3v) is 16.0. The molecule has 0 fully saturated rings. The molecule has 316 valence electrons. The van der Waals surface area contributed by atoms with Gasteiger partial charge in [0.15, 0.2) is 0 Å². The summed E-state index contributed by atoms with van der Waals surface area (Å²) in [6.07, 6.45) is 0. The highest BCUT2D eigenvalue weighted by molar-refractivity contribution is 6.89. The minimum absolute atomic E-state index is 0.0976. The number of hydrogen-bond acceptors (Lipinski definition) is 0. The maximum atomic E-state index is 2.51. The van der Waals surface area contributed by atoms with Crippen LogP contribution in [0.25, 0.3) is 44.5 Å². The Morgan fingerprint density at radius 3 is 0.850 bits per heavy atom. The molecule has 2 heteroatoms. The topological polar surface area (TPSA) is 0 Å². The van der Waals surface area contributed by atoms with E-state index in [1.807, 2.05) is 0 Å². The Bertz CT molecular complexity index is 2220. The van der Waals surface area contributed by atoms with Gasteiger partial charge in [0.1, 0.15) is 0 Å². The summed E-state index contributed by atoms with van der Waals surface area (Å²) in [5.41, 5.74) is 16.6. The van der Waals surface area contributed by atoms with Crippen LogP contribution in [0.4, 0.5) is 0 Å². The van der Waals surface area contributed by atoms with E-state index in [4.69, 9.17) is 0 Å². The zero-order valence-electron chi connectivity index (χ0n) is 40.7. The fraction of sp³-hybridized carbons (Fsp3) is 0.379. The lowest BCUT2D eigenvalue weighted by molar-refractivity contribution is 0.585. The van der Waals surface area contributed by atoms with Crippen molar-refractivity contribution in [3.63, 3.8) is 0 Å². The van der Waals surface area contributed by atoms with E-state index < -0.39 is 16.1 Å². The van der Waals surface area contributed by atoms with Gasteiger partial charge in [-0.15, -0.1) is 0 Å². The summed E-state index contributed by atoms with van der Waals surface area (Å²) in [4.78, 5) is 0. The summed E-state index contributed by atoms with van der Waals surface area (Å²) >= 11 is 0. The van der Waals surface area contributed by atoms with Crippen molar-refractivity contribution in [3.8, 4) is 44.5 Å². The molecule has 0 atom stereocenters. The molecule has 0 saturated carbocycles. The molecule has 6 rings (SSSR count). The van der Waals surface area contributed by atoms with Crippen LogP contribution in [0.2, 0.25) is 39.3 Å². The lowest BCUT2D eigenvalue weighted by Gasteiger charge is -2.31. The van der Waals surface area contributed by atoms with Crippen molar-refractivity contribution in [1.29, 1.82) is 0 Å². The van der Waals surface area contributed by atoms with Gasteiger partial charge < -0.3 is 0 Å². The van der Waals surface area contributed by atoms with E-state index >= 15 is 0 Å². The van der Waals surface area contributed by atoms with Gasteiger partial charge in [-0.25, -0.2) is 0 Å². The second-order valence-corrected chi connectivity index (χ2v) is 33.4. The van der Waals surface area contributed by atoms with Crippen LogP contribution in [0.5, 0.6) is 0 Å². The van der Waals surface area contributed by atoms with Gasteiger partial charge in [0.2, 0.25) is 0 Å². The van der Waals surface area contributed by atoms with Gasteiger partial charge in [0.05, 0.1) is 16.1 Å². The van der Waals surface area contributed by atoms with E-state index in [0.717, 1.165) is 0 Å². The van der Waals surface area contributed by atoms with Crippen LogP contribution in [-0.4, -0.2) is 16.1 Å². The lowest BCUT2D eigenvalue weighted by Crippen LogP contribution is -2.39. The molecule has 0 unspecified atom stereocenters. The molecule has 0 aliphatic rings. The normalized spacial score (nSPS) is 12.8. The Labute approximate surface area is 369 Å². The molecule has 0 spiro atoms. The molecule has 6 aromatic carbocycles. The van der Waals surface area contributed by atoms with Gasteiger partial charge in [0, 0.05) is 0 Å². The Balaban J connectivity index is 0.000000230. The van der Waals surface area contributed by atoms with Crippen molar-refractivity contribution in [2.45, 2.75) is 144 Å². The van der Waals surface area contributed by atoms with Crippen LogP contribution < -0.4 is 10.4 Å². The Hall–Kier alpha value is -4.25. The van der Waals surface area contributed by atoms with Gasteiger partial charge >= 0.3 is 0 Å². The minimum Gasteiger partial charge on any atom is -0.0656 e. The third-order valence-electron chi connectivity index (χ3n) is 11.9. The zero-order valence-corrected chi connectivity index (χ0v) is 42.7. The van der Waals surface area contributed by atoms with E-state index in [1.165, 1.54) is 66.8 Å². The zero-order chi connectivity index (χ0) is 44.6. The van der Waals surface area contributed by atoms with E-state index in [2.05, 4.69) is 256 Å². The largest absolute Gasteiger partial charge is 0.0776 e. The maximum absolute atomic E-state index is 2.51. The third kappa shape index (κ3) is 11.2. The predicted octanol–water partition coefficient (Wildman–Crippen LogP) is 16.3. The molecule has 6 aromatic rings. The van der Waals surface area contributed by atoms with E-state index in [0.29, 0.717) is 0 Å². The van der Waals surface area contributed by atoms with Crippen molar-refractivity contribution < 1.29 is 0 Å². The molecule has 0 aliphatic carbocycles. The Kier molecular flexibility index (Phi) is 13.5. The van der Waals surface area contributed by atoms with E-state index in [1.54, 1.807) is 10.4 Å². The summed E-state index contributed by atoms with van der Waals surface area (Å²) in [6.45, 7) is 42.5. The van der Waals surface area contributed by atoms with Gasteiger partial charge in [-0.1, -0.05) is 266 Å². The van der Waals surface area contributed by atoms with Crippen LogP contribution in [0.15, 0.2) is 133 Å². The first kappa shape index (κ1) is 46.8. The molecule has 60 heavy (non-hydrogen) atoms. The molecule has 0 aliphatic heterocycles. The van der Waals surface area contributed by atoms with Crippen LogP contribution in [0.3, 0.4) is 0 Å². The minimum atomic E-state index is -1.35. The molecular weight excluding hydrogens is 753 g/mol. The monoisotopic (exact) mass is 829 g/mol. The summed E-state index contributed by atoms with van der Waals surface area (Å²) in [7, 11) is -2.69. The average Bonchev–Trinajstić information content (AvgIpc) is 3.16. The van der Waals surface area contributed by atoms with Crippen molar-refractivity contribution in [2.75, 3.05) is 0 Å². The van der Waals surface area contributed by atoms with Crippen LogP contribution in [0.1, 0.15) is 105 Å². The fourth-order valence-corrected chi connectivity index (χ4v) is 10.3. The molecule has 0 nitrogen and oxygen atoms in total. The van der Waals surface area contributed by atoms with Crippen LogP contribution in [-0.2, 0) is 21.7 Å². The number of rotatable bonds is 6. The Morgan fingerprint density at radius 1 is 0.283 bits per heavy atom. The van der Waals surface area contributed by atoms with Crippen molar-refractivity contribution in [2.24, 2.45) is 0 Å². The van der Waals surface area contributed by atoms with E-state index in [-0.39, 0.29) is 21.7 Å². The highest BCUT2D eigenvalue weighted by Gasteiger charge is 2.29. The molecule has 0 radical (unpaired) electrons. The lowest BCUT2D eigenvalue weighted by atomic mass is 9.77. The maximum Gasteiger partial charge on any atom is 0.0776 e. The summed E-state index contributed by atoms with van der Waals surface area (Å²) < 4.78 is 0. The molecule has 0 N–H and O–H groups in total. The van der Waals surface area contributed by atoms with Crippen molar-refractivity contribution >= 4 is 26.5 Å². The fourth-order valence-electron chi connectivity index (χ4n) is 7.94. The van der Waals surface area contributed by atoms with Crippen LogP contribution >= 0.6 is 0 Å². The standard InChI is InChI=1S/C32H34.C26H42Si2/c1-31(2,3)25-17-19-27(29(21-25)23-13-9-7-10-14-23)28-20-18-26(32(4,5)6)22-30(28)24-15-11-8-12-16-24;1-25(2,3)23-17-19(27(7,8)9)13-15-21(23)22-16-14-20(28(10,11)12)18-24(22)26(4,5)6/h7-22H,1-6H3;13-18H,1-12H3. The molecule has 0 bridgehead atoms. The first-order chi connectivity index (χ1) is 27.6. The van der Waals surface area contributed by atoms with Crippen LogP contribution in [0, 0.1) is 0 Å². The number of benzene rings is 6. The first-order valence-electron chi connectivity index (χ1n) is 22.3. The van der Waals surface area contributed by atoms with Crippen molar-refractivity contribution in [1.82, 2.24) is 0 Å². The molecule has 0 saturated heterocycles. The van der Waals surface area contributed by atoms with Gasteiger partial charge in [-0.05, 0) is 88.4 Å². The van der Waals surface area contributed by atoms with E-state index in [9.17, 15) is 0 Å². The predicted molar refractivity (Wildman–Crippen MR) is 275 cm³/mol. The summed E-state index contributed by atoms with van der Waals surface area (Å²) in [5.74, 6) is 0. The van der Waals surface area contributed by atoms with Gasteiger partial charge in [0.25, 0.3) is 0 Å². The van der Waals surface area contributed by atoms with Crippen molar-refractivity contribution in [3.05, 3.63) is 156 Å². The highest BCUT2D eigenvalue weighted by Crippen LogP contribution is 2.42. The quantitative estimate of drug-likeness (QED) is 0.147. The Morgan fingerprint density at radius 2 is 0.583 bits per heavy atom. The van der Waals surface area contributed by atoms with Gasteiger partial charge in [-0.3, -0.25) is 0 Å². The van der Waals surface area contributed by atoms with Gasteiger partial charge in [-0.2, -0.15) is 0 Å². The molecule has 0 aromatic heterocycles. The molecular formula is C58H76Si2. The second kappa shape index (κ2) is 17.3. The molecule has 0 heterocycles. The smallest absolute Gasteiger partial charge is 0.0656 e. The summed E-state index contributed by atoms with van der Waals surface area (Å²) in [5, 5.41) is 3.11. The highest BCUT2D eigenvalue weighted by atomic mass is 28.3. The average molecular weight is 829 g/mol. The first-order valence-corrected chi connectivity index (χ1v) is 29.3. The summed E-state index contributed by atoms with van der Waals surface area (Å²) in [6, 6.07) is 50.2. The number of hydrogen-bond donors (Lipinski definition) is 0. The second-order valence-electron chi connectivity index (χ2n) is 23.3.